The molecule has 2 heteroatoms. The summed E-state index contributed by atoms with van der Waals surface area (Å²) in [4.78, 5) is 0. The second-order valence-electron chi connectivity index (χ2n) is 5.58. The highest BCUT2D eigenvalue weighted by atomic mass is 16.3. The largest absolute Gasteiger partial charge is 0.508 e. The molecule has 1 aromatic rings. The fourth-order valence-corrected chi connectivity index (χ4v) is 2.27. The summed E-state index contributed by atoms with van der Waals surface area (Å²) in [6.45, 7) is 10.1. The molecule has 2 atom stereocenters. The molecule has 0 radical (unpaired) electrons. The zero-order valence-electron chi connectivity index (χ0n) is 12.2. The molecule has 2 unspecified atom stereocenters. The number of benzene rings is 1. The van der Waals surface area contributed by atoms with Gasteiger partial charge >= 0.3 is 0 Å². The second-order valence-corrected chi connectivity index (χ2v) is 5.58. The Balaban J connectivity index is 3.23. The van der Waals surface area contributed by atoms with Crippen molar-refractivity contribution in [3.8, 4) is 5.75 Å². The lowest BCUT2D eigenvalue weighted by Gasteiger charge is -2.26. The smallest absolute Gasteiger partial charge is 0.119 e. The average molecular weight is 250 g/mol. The van der Waals surface area contributed by atoms with Gasteiger partial charge in [-0.25, -0.2) is 0 Å². The van der Waals surface area contributed by atoms with Gasteiger partial charge in [0.05, 0.1) is 5.60 Å². The minimum Gasteiger partial charge on any atom is -0.508 e. The Morgan fingerprint density at radius 2 is 1.89 bits per heavy atom. The molecule has 0 saturated heterocycles. The van der Waals surface area contributed by atoms with Gasteiger partial charge in [0.1, 0.15) is 5.75 Å². The van der Waals surface area contributed by atoms with Crippen molar-refractivity contribution < 1.29 is 10.2 Å². The van der Waals surface area contributed by atoms with Gasteiger partial charge in [0.25, 0.3) is 0 Å². The Labute approximate surface area is 111 Å². The van der Waals surface area contributed by atoms with Crippen molar-refractivity contribution >= 4 is 0 Å². The van der Waals surface area contributed by atoms with Crippen LogP contribution in [0.15, 0.2) is 12.1 Å². The summed E-state index contributed by atoms with van der Waals surface area (Å²) in [5.41, 5.74) is 2.13. The quantitative estimate of drug-likeness (QED) is 0.832. The molecule has 0 heterocycles. The summed E-state index contributed by atoms with van der Waals surface area (Å²) in [5.74, 6) is 0.889. The normalized spacial score (nSPS) is 16.3. The van der Waals surface area contributed by atoms with E-state index in [0.29, 0.717) is 18.1 Å². The van der Waals surface area contributed by atoms with E-state index in [2.05, 4.69) is 13.8 Å². The fourth-order valence-electron chi connectivity index (χ4n) is 2.27. The standard InChI is InChI=1S/C16H26O2/c1-6-11(3)10-13-12(4)14(8-9-15(13)17)16(5,18)7-2/h8-9,11,17-18H,6-7,10H2,1-5H3. The number of hydrogen-bond acceptors (Lipinski definition) is 2. The maximum Gasteiger partial charge on any atom is 0.119 e. The van der Waals surface area contributed by atoms with Gasteiger partial charge in [0, 0.05) is 0 Å². The predicted octanol–water partition coefficient (Wildman–Crippen LogP) is 3.91. The topological polar surface area (TPSA) is 40.5 Å². The van der Waals surface area contributed by atoms with Crippen LogP contribution in [0.25, 0.3) is 0 Å². The molecule has 0 fully saturated rings. The van der Waals surface area contributed by atoms with Crippen LogP contribution in [0, 0.1) is 12.8 Å². The molecule has 1 rings (SSSR count). The number of phenolic OH excluding ortho intramolecular Hbond substituents is 1. The Hall–Kier alpha value is -1.02. The molecule has 102 valence electrons. The Morgan fingerprint density at radius 1 is 1.28 bits per heavy atom. The lowest BCUT2D eigenvalue weighted by molar-refractivity contribution is 0.0523. The number of aromatic hydroxyl groups is 1. The van der Waals surface area contributed by atoms with Crippen LogP contribution in [0.5, 0.6) is 5.75 Å². The van der Waals surface area contributed by atoms with E-state index in [4.69, 9.17) is 0 Å². The van der Waals surface area contributed by atoms with Gasteiger partial charge < -0.3 is 10.2 Å². The third-order valence-electron chi connectivity index (χ3n) is 4.09. The van der Waals surface area contributed by atoms with Crippen molar-refractivity contribution in [2.75, 3.05) is 0 Å². The molecular weight excluding hydrogens is 224 g/mol. The Kier molecular flexibility index (Phi) is 4.80. The first-order valence-corrected chi connectivity index (χ1v) is 6.87. The van der Waals surface area contributed by atoms with Crippen LogP contribution in [0.1, 0.15) is 57.2 Å². The van der Waals surface area contributed by atoms with E-state index < -0.39 is 5.60 Å². The molecule has 0 aliphatic carbocycles. The van der Waals surface area contributed by atoms with E-state index in [1.165, 1.54) is 0 Å². The molecule has 0 spiro atoms. The van der Waals surface area contributed by atoms with Gasteiger partial charge in [0.15, 0.2) is 0 Å². The Bertz CT molecular complexity index is 408. The van der Waals surface area contributed by atoms with Crippen molar-refractivity contribution in [3.05, 3.63) is 28.8 Å². The molecule has 2 N–H and O–H groups in total. The van der Waals surface area contributed by atoms with E-state index in [0.717, 1.165) is 29.5 Å². The van der Waals surface area contributed by atoms with Gasteiger partial charge in [-0.3, -0.25) is 0 Å². The Morgan fingerprint density at radius 3 is 2.39 bits per heavy atom. The van der Waals surface area contributed by atoms with Crippen LogP contribution in [0.3, 0.4) is 0 Å². The van der Waals surface area contributed by atoms with E-state index in [9.17, 15) is 10.2 Å². The molecular formula is C16H26O2. The van der Waals surface area contributed by atoms with Gasteiger partial charge in [-0.05, 0) is 55.4 Å². The lowest BCUT2D eigenvalue weighted by atomic mass is 9.85. The van der Waals surface area contributed by atoms with Gasteiger partial charge in [-0.1, -0.05) is 33.3 Å². The molecule has 0 aliphatic heterocycles. The van der Waals surface area contributed by atoms with Gasteiger partial charge in [-0.15, -0.1) is 0 Å². The zero-order valence-corrected chi connectivity index (χ0v) is 12.2. The molecule has 0 aliphatic rings. The van der Waals surface area contributed by atoms with Crippen LogP contribution in [-0.4, -0.2) is 10.2 Å². The summed E-state index contributed by atoms with van der Waals surface area (Å²) in [6.07, 6.45) is 2.62. The SMILES string of the molecule is CCC(C)Cc1c(O)ccc(C(C)(O)CC)c1C. The highest BCUT2D eigenvalue weighted by Crippen LogP contribution is 2.34. The van der Waals surface area contributed by atoms with Crippen LogP contribution in [0.4, 0.5) is 0 Å². The summed E-state index contributed by atoms with van der Waals surface area (Å²) in [7, 11) is 0. The van der Waals surface area contributed by atoms with Crippen molar-refractivity contribution in [2.45, 2.75) is 59.5 Å². The fraction of sp³-hybridized carbons (Fsp3) is 0.625. The van der Waals surface area contributed by atoms with E-state index >= 15 is 0 Å². The third-order valence-corrected chi connectivity index (χ3v) is 4.09. The van der Waals surface area contributed by atoms with Gasteiger partial charge in [0.2, 0.25) is 0 Å². The van der Waals surface area contributed by atoms with Crippen LogP contribution < -0.4 is 0 Å². The van der Waals surface area contributed by atoms with Crippen LogP contribution in [0.2, 0.25) is 0 Å². The van der Waals surface area contributed by atoms with E-state index in [1.807, 2.05) is 26.8 Å². The van der Waals surface area contributed by atoms with Crippen molar-refractivity contribution in [1.29, 1.82) is 0 Å². The molecule has 0 saturated carbocycles. The summed E-state index contributed by atoms with van der Waals surface area (Å²) < 4.78 is 0. The van der Waals surface area contributed by atoms with Gasteiger partial charge in [-0.2, -0.15) is 0 Å². The molecule has 1 aromatic carbocycles. The maximum absolute atomic E-state index is 10.4. The van der Waals surface area contributed by atoms with Crippen molar-refractivity contribution in [2.24, 2.45) is 5.92 Å². The number of phenols is 1. The first-order valence-electron chi connectivity index (χ1n) is 6.87. The average Bonchev–Trinajstić information content (AvgIpc) is 2.33. The number of aliphatic hydroxyl groups is 1. The minimum absolute atomic E-state index is 0.350. The summed E-state index contributed by atoms with van der Waals surface area (Å²) >= 11 is 0. The van der Waals surface area contributed by atoms with E-state index in [1.54, 1.807) is 6.07 Å². The summed E-state index contributed by atoms with van der Waals surface area (Å²) in [6, 6.07) is 3.55. The van der Waals surface area contributed by atoms with Crippen molar-refractivity contribution in [3.63, 3.8) is 0 Å². The predicted molar refractivity (Wildman–Crippen MR) is 75.9 cm³/mol. The first-order chi connectivity index (χ1) is 8.33. The molecule has 0 amide bonds. The molecule has 18 heavy (non-hydrogen) atoms. The highest BCUT2D eigenvalue weighted by Gasteiger charge is 2.25. The summed E-state index contributed by atoms with van der Waals surface area (Å²) in [5, 5.41) is 20.4. The first kappa shape index (κ1) is 15.0. The molecule has 0 aromatic heterocycles. The highest BCUT2D eigenvalue weighted by molar-refractivity contribution is 5.46. The monoisotopic (exact) mass is 250 g/mol. The van der Waals surface area contributed by atoms with Crippen LogP contribution >= 0.6 is 0 Å². The zero-order chi connectivity index (χ0) is 13.9. The molecule has 0 bridgehead atoms. The van der Waals surface area contributed by atoms with Crippen LogP contribution in [-0.2, 0) is 12.0 Å². The maximum atomic E-state index is 10.4. The number of hydrogen-bond donors (Lipinski definition) is 2. The van der Waals surface area contributed by atoms with Crippen molar-refractivity contribution in [1.82, 2.24) is 0 Å². The second kappa shape index (κ2) is 5.75. The minimum atomic E-state index is -0.817. The lowest BCUT2D eigenvalue weighted by Crippen LogP contribution is -2.21. The van der Waals surface area contributed by atoms with E-state index in [-0.39, 0.29) is 0 Å². The third kappa shape index (κ3) is 3.05. The molecule has 2 nitrogen and oxygen atoms in total. The number of rotatable bonds is 5.